The van der Waals surface area contributed by atoms with Gasteiger partial charge in [-0.05, 0) is 30.0 Å². The number of benzene rings is 1. The Labute approximate surface area is 146 Å². The number of guanidine groups is 1. The van der Waals surface area contributed by atoms with Crippen LogP contribution in [0.2, 0.25) is 0 Å². The van der Waals surface area contributed by atoms with Crippen molar-refractivity contribution in [1.29, 1.82) is 0 Å². The van der Waals surface area contributed by atoms with Crippen molar-refractivity contribution >= 4 is 35.6 Å². The monoisotopic (exact) mass is 404 g/mol. The molecule has 0 fully saturated rings. The Hall–Kier alpha value is -0.980. The van der Waals surface area contributed by atoms with Gasteiger partial charge in [-0.2, -0.15) is 0 Å². The first kappa shape index (κ1) is 20.0. The van der Waals surface area contributed by atoms with Crippen molar-refractivity contribution < 1.29 is 0 Å². The van der Waals surface area contributed by atoms with E-state index < -0.39 is 0 Å². The molecule has 4 nitrogen and oxygen atoms in total. The second-order valence-electron chi connectivity index (χ2n) is 5.60. The minimum Gasteiger partial charge on any atom is -0.378 e. The Morgan fingerprint density at radius 1 is 1.24 bits per heavy atom. The van der Waals surface area contributed by atoms with Crippen molar-refractivity contribution in [2.24, 2.45) is 10.9 Å². The smallest absolute Gasteiger partial charge is 0.191 e. The highest BCUT2D eigenvalue weighted by Crippen LogP contribution is 2.12. The van der Waals surface area contributed by atoms with Gasteiger partial charge in [-0.25, -0.2) is 0 Å². The van der Waals surface area contributed by atoms with Gasteiger partial charge in [0, 0.05) is 39.9 Å². The Balaban J connectivity index is 0.00000400. The molecule has 0 amide bonds. The van der Waals surface area contributed by atoms with Crippen molar-refractivity contribution in [3.63, 3.8) is 0 Å². The molecule has 2 N–H and O–H groups in total. The summed E-state index contributed by atoms with van der Waals surface area (Å²) in [4.78, 5) is 6.35. The third-order valence-corrected chi connectivity index (χ3v) is 3.12. The highest BCUT2D eigenvalue weighted by molar-refractivity contribution is 14.0. The minimum atomic E-state index is 0. The molecule has 0 heterocycles. The maximum Gasteiger partial charge on any atom is 0.191 e. The Kier molecular flexibility index (Phi) is 10.2. The molecule has 0 atom stereocenters. The van der Waals surface area contributed by atoms with Gasteiger partial charge < -0.3 is 15.5 Å². The number of halogens is 1. The van der Waals surface area contributed by atoms with Gasteiger partial charge in [0.2, 0.25) is 0 Å². The summed E-state index contributed by atoms with van der Waals surface area (Å²) in [5.41, 5.74) is 2.47. The first-order valence-corrected chi connectivity index (χ1v) is 7.23. The zero-order valence-electron chi connectivity index (χ0n) is 13.8. The van der Waals surface area contributed by atoms with E-state index in [2.05, 4.69) is 72.7 Å². The number of hydrogen-bond donors (Lipinski definition) is 2. The van der Waals surface area contributed by atoms with E-state index >= 15 is 0 Å². The van der Waals surface area contributed by atoms with Gasteiger partial charge in [-0.15, -0.1) is 24.0 Å². The van der Waals surface area contributed by atoms with Gasteiger partial charge in [-0.3, -0.25) is 4.99 Å². The van der Waals surface area contributed by atoms with Crippen LogP contribution >= 0.6 is 24.0 Å². The van der Waals surface area contributed by atoms with Crippen molar-refractivity contribution in [1.82, 2.24) is 10.6 Å². The zero-order valence-corrected chi connectivity index (χ0v) is 16.1. The van der Waals surface area contributed by atoms with Crippen LogP contribution in [0.1, 0.15) is 25.8 Å². The van der Waals surface area contributed by atoms with Gasteiger partial charge in [-0.1, -0.05) is 26.0 Å². The summed E-state index contributed by atoms with van der Waals surface area (Å²) in [5, 5.41) is 6.68. The predicted molar refractivity (Wildman–Crippen MR) is 104 cm³/mol. The molecule has 0 aliphatic heterocycles. The predicted octanol–water partition coefficient (Wildman–Crippen LogP) is 3.08. The molecule has 0 saturated heterocycles. The average molecular weight is 404 g/mol. The molecule has 0 radical (unpaired) electrons. The number of rotatable bonds is 6. The fourth-order valence-electron chi connectivity index (χ4n) is 1.83. The van der Waals surface area contributed by atoms with Gasteiger partial charge >= 0.3 is 0 Å². The van der Waals surface area contributed by atoms with Crippen LogP contribution in [0.3, 0.4) is 0 Å². The molecule has 1 aromatic rings. The summed E-state index contributed by atoms with van der Waals surface area (Å²) >= 11 is 0. The number of anilines is 1. The SMILES string of the molecule is CN=C(NCCC(C)C)NCc1cccc(N(C)C)c1.I. The summed E-state index contributed by atoms with van der Waals surface area (Å²) < 4.78 is 0. The topological polar surface area (TPSA) is 39.7 Å². The quantitative estimate of drug-likeness (QED) is 0.435. The molecule has 1 aromatic carbocycles. The molecular weight excluding hydrogens is 375 g/mol. The Morgan fingerprint density at radius 2 is 1.95 bits per heavy atom. The summed E-state index contributed by atoms with van der Waals surface area (Å²) in [6.07, 6.45) is 1.15. The highest BCUT2D eigenvalue weighted by atomic mass is 127. The second-order valence-corrected chi connectivity index (χ2v) is 5.60. The van der Waals surface area contributed by atoms with Crippen LogP contribution < -0.4 is 15.5 Å². The molecule has 0 spiro atoms. The van der Waals surface area contributed by atoms with Crippen molar-refractivity contribution in [2.75, 3.05) is 32.6 Å². The summed E-state index contributed by atoms with van der Waals surface area (Å²) in [7, 11) is 5.92. The van der Waals surface area contributed by atoms with Gasteiger partial charge in [0.1, 0.15) is 0 Å². The lowest BCUT2D eigenvalue weighted by Gasteiger charge is -2.15. The lowest BCUT2D eigenvalue weighted by atomic mass is 10.1. The van der Waals surface area contributed by atoms with Gasteiger partial charge in [0.05, 0.1) is 0 Å². The van der Waals surface area contributed by atoms with E-state index in [1.165, 1.54) is 11.3 Å². The molecular formula is C16H29IN4. The van der Waals surface area contributed by atoms with E-state index in [-0.39, 0.29) is 24.0 Å². The summed E-state index contributed by atoms with van der Waals surface area (Å²) in [6, 6.07) is 8.51. The first-order valence-electron chi connectivity index (χ1n) is 7.23. The highest BCUT2D eigenvalue weighted by Gasteiger charge is 2.01. The number of nitrogens with zero attached hydrogens (tertiary/aromatic N) is 2. The third kappa shape index (κ3) is 8.14. The van der Waals surface area contributed by atoms with Crippen molar-refractivity contribution in [2.45, 2.75) is 26.8 Å². The maximum atomic E-state index is 4.24. The molecule has 21 heavy (non-hydrogen) atoms. The van der Waals surface area contributed by atoms with E-state index in [1.54, 1.807) is 7.05 Å². The van der Waals surface area contributed by atoms with Crippen LogP contribution in [0, 0.1) is 5.92 Å². The molecule has 0 unspecified atom stereocenters. The van der Waals surface area contributed by atoms with E-state index in [4.69, 9.17) is 0 Å². The summed E-state index contributed by atoms with van der Waals surface area (Å²) in [6.45, 7) is 6.19. The van der Waals surface area contributed by atoms with Crippen LogP contribution in [0.5, 0.6) is 0 Å². The van der Waals surface area contributed by atoms with Gasteiger partial charge in [0.15, 0.2) is 5.96 Å². The van der Waals surface area contributed by atoms with Gasteiger partial charge in [0.25, 0.3) is 0 Å². The third-order valence-electron chi connectivity index (χ3n) is 3.12. The standard InChI is InChI=1S/C16H28N4.HI/c1-13(2)9-10-18-16(17-3)19-12-14-7-6-8-15(11-14)20(4)5;/h6-8,11,13H,9-10,12H2,1-5H3,(H2,17,18,19);1H. The first-order chi connectivity index (χ1) is 9.52. The van der Waals surface area contributed by atoms with Crippen molar-refractivity contribution in [3.05, 3.63) is 29.8 Å². The molecule has 120 valence electrons. The molecule has 5 heteroatoms. The lowest BCUT2D eigenvalue weighted by molar-refractivity contribution is 0.573. The van der Waals surface area contributed by atoms with Crippen LogP contribution in [0.15, 0.2) is 29.3 Å². The second kappa shape index (κ2) is 10.7. The lowest BCUT2D eigenvalue weighted by Crippen LogP contribution is -2.37. The average Bonchev–Trinajstić information content (AvgIpc) is 2.42. The van der Waals surface area contributed by atoms with E-state index in [1.807, 2.05) is 0 Å². The van der Waals surface area contributed by atoms with E-state index in [9.17, 15) is 0 Å². The Bertz CT molecular complexity index is 430. The number of aliphatic imine (C=N–C) groups is 1. The van der Waals surface area contributed by atoms with Crippen molar-refractivity contribution in [3.8, 4) is 0 Å². The van der Waals surface area contributed by atoms with Crippen LogP contribution in [-0.4, -0.2) is 33.6 Å². The Morgan fingerprint density at radius 3 is 2.52 bits per heavy atom. The summed E-state index contributed by atoms with van der Waals surface area (Å²) in [5.74, 6) is 1.57. The van der Waals surface area contributed by atoms with E-state index in [0.717, 1.165) is 25.5 Å². The molecule has 0 aliphatic rings. The van der Waals surface area contributed by atoms with E-state index in [0.29, 0.717) is 5.92 Å². The van der Waals surface area contributed by atoms with Crippen LogP contribution in [0.25, 0.3) is 0 Å². The molecule has 0 aromatic heterocycles. The molecule has 0 saturated carbocycles. The molecule has 1 rings (SSSR count). The number of hydrogen-bond acceptors (Lipinski definition) is 2. The van der Waals surface area contributed by atoms with Crippen LogP contribution in [0.4, 0.5) is 5.69 Å². The zero-order chi connectivity index (χ0) is 15.0. The number of nitrogens with one attached hydrogen (secondary N) is 2. The fraction of sp³-hybridized carbons (Fsp3) is 0.562. The maximum absolute atomic E-state index is 4.24. The molecule has 0 bridgehead atoms. The molecule has 0 aliphatic carbocycles. The fourth-order valence-corrected chi connectivity index (χ4v) is 1.83. The minimum absolute atomic E-state index is 0. The normalized spacial score (nSPS) is 11.0. The van der Waals surface area contributed by atoms with Crippen LogP contribution in [-0.2, 0) is 6.54 Å². The largest absolute Gasteiger partial charge is 0.378 e.